The van der Waals surface area contributed by atoms with Crippen molar-refractivity contribution in [1.82, 2.24) is 9.21 Å². The minimum atomic E-state index is -3.56. The molecule has 0 spiro atoms. The van der Waals surface area contributed by atoms with Crippen molar-refractivity contribution in [1.29, 1.82) is 0 Å². The van der Waals surface area contributed by atoms with Gasteiger partial charge in [0.25, 0.3) is 0 Å². The third kappa shape index (κ3) is 4.60. The summed E-state index contributed by atoms with van der Waals surface area (Å²) in [6.07, 6.45) is 0.864. The Balaban J connectivity index is 1.94. The number of likely N-dealkylation sites (tertiary alicyclic amines) is 1. The first-order valence-electron chi connectivity index (χ1n) is 9.53. The summed E-state index contributed by atoms with van der Waals surface area (Å²) >= 11 is 0. The zero-order chi connectivity index (χ0) is 19.7. The molecule has 0 aliphatic carbocycles. The van der Waals surface area contributed by atoms with Gasteiger partial charge >= 0.3 is 0 Å². The third-order valence-corrected chi connectivity index (χ3v) is 7.19. The van der Waals surface area contributed by atoms with E-state index in [0.29, 0.717) is 11.4 Å². The molecule has 1 saturated heterocycles. The number of hydrogen-bond acceptors (Lipinski definition) is 3. The van der Waals surface area contributed by atoms with E-state index < -0.39 is 10.0 Å². The Labute approximate surface area is 163 Å². The minimum Gasteiger partial charge on any atom is -0.305 e. The van der Waals surface area contributed by atoms with Gasteiger partial charge < -0.3 is 4.90 Å². The summed E-state index contributed by atoms with van der Waals surface area (Å²) in [6, 6.07) is 17.2. The molecular weight excluding hydrogens is 356 g/mol. The summed E-state index contributed by atoms with van der Waals surface area (Å²) in [7, 11) is -1.51. The first-order valence-corrected chi connectivity index (χ1v) is 11.0. The highest BCUT2D eigenvalue weighted by Crippen LogP contribution is 2.28. The topological polar surface area (TPSA) is 40.6 Å². The van der Waals surface area contributed by atoms with E-state index in [1.807, 2.05) is 49.5 Å². The lowest BCUT2D eigenvalue weighted by atomic mass is 9.87. The number of likely N-dealkylation sites (N-methyl/N-ethyl adjacent to an activating group) is 1. The predicted molar refractivity (Wildman–Crippen MR) is 110 cm³/mol. The van der Waals surface area contributed by atoms with E-state index in [1.165, 1.54) is 0 Å². The van der Waals surface area contributed by atoms with Gasteiger partial charge in [0, 0.05) is 19.1 Å². The number of sulfonamides is 1. The average Bonchev–Trinajstić information content (AvgIpc) is 3.06. The van der Waals surface area contributed by atoms with E-state index in [4.69, 9.17) is 0 Å². The Morgan fingerprint density at radius 1 is 1.04 bits per heavy atom. The van der Waals surface area contributed by atoms with Gasteiger partial charge in [-0.25, -0.2) is 8.42 Å². The van der Waals surface area contributed by atoms with Gasteiger partial charge in [0.15, 0.2) is 0 Å². The summed E-state index contributed by atoms with van der Waals surface area (Å²) in [5.41, 5.74) is 2.15. The van der Waals surface area contributed by atoms with Crippen LogP contribution in [0.2, 0.25) is 0 Å². The number of hydrogen-bond donors (Lipinski definition) is 0. The maximum Gasteiger partial charge on any atom is 0.243 e. The van der Waals surface area contributed by atoms with Crippen LogP contribution < -0.4 is 0 Å². The van der Waals surface area contributed by atoms with Gasteiger partial charge in [-0.15, -0.1) is 0 Å². The molecule has 146 valence electrons. The van der Waals surface area contributed by atoms with Crippen molar-refractivity contribution in [3.63, 3.8) is 0 Å². The van der Waals surface area contributed by atoms with Crippen LogP contribution in [0.25, 0.3) is 0 Å². The molecule has 5 heteroatoms. The van der Waals surface area contributed by atoms with Crippen molar-refractivity contribution in [3.05, 3.63) is 65.7 Å². The molecule has 27 heavy (non-hydrogen) atoms. The molecule has 2 aromatic rings. The lowest BCUT2D eigenvalue weighted by Crippen LogP contribution is -2.41. The molecule has 0 bridgehead atoms. The highest BCUT2D eigenvalue weighted by atomic mass is 32.2. The molecule has 0 amide bonds. The summed E-state index contributed by atoms with van der Waals surface area (Å²) in [6.45, 7) is 8.50. The number of rotatable bonds is 5. The van der Waals surface area contributed by atoms with Crippen molar-refractivity contribution in [2.45, 2.75) is 50.1 Å². The van der Waals surface area contributed by atoms with Crippen LogP contribution in [0.5, 0.6) is 0 Å². The summed E-state index contributed by atoms with van der Waals surface area (Å²) < 4.78 is 28.7. The monoisotopic (exact) mass is 386 g/mol. The molecule has 4 nitrogen and oxygen atoms in total. The van der Waals surface area contributed by atoms with Crippen molar-refractivity contribution >= 4 is 10.0 Å². The fourth-order valence-corrected chi connectivity index (χ4v) is 5.22. The van der Waals surface area contributed by atoms with Crippen LogP contribution in [0.1, 0.15) is 38.3 Å². The molecule has 0 radical (unpaired) electrons. The van der Waals surface area contributed by atoms with Gasteiger partial charge in [-0.1, -0.05) is 63.2 Å². The lowest BCUT2D eigenvalue weighted by Gasteiger charge is -2.28. The summed E-state index contributed by atoms with van der Waals surface area (Å²) in [5, 5.41) is 0. The Bertz CT molecular complexity index is 855. The van der Waals surface area contributed by atoms with Crippen LogP contribution in [0.15, 0.2) is 59.5 Å². The smallest absolute Gasteiger partial charge is 0.243 e. The van der Waals surface area contributed by atoms with Gasteiger partial charge in [-0.05, 0) is 48.7 Å². The molecule has 1 fully saturated rings. The van der Waals surface area contributed by atoms with E-state index in [-0.39, 0.29) is 11.5 Å². The second kappa shape index (κ2) is 7.74. The van der Waals surface area contributed by atoms with Crippen LogP contribution in [-0.2, 0) is 22.0 Å². The molecule has 1 atom stereocenters. The largest absolute Gasteiger partial charge is 0.305 e. The molecule has 2 aromatic carbocycles. The Hall–Kier alpha value is -1.69. The molecule has 3 rings (SSSR count). The summed E-state index contributed by atoms with van der Waals surface area (Å²) in [4.78, 5) is 2.57. The molecule has 0 saturated carbocycles. The summed E-state index contributed by atoms with van der Waals surface area (Å²) in [5.74, 6) is 0. The zero-order valence-corrected chi connectivity index (χ0v) is 17.5. The zero-order valence-electron chi connectivity index (χ0n) is 16.7. The fraction of sp³-hybridized carbons (Fsp3) is 0.455. The third-order valence-electron chi connectivity index (χ3n) is 5.28. The van der Waals surface area contributed by atoms with E-state index in [0.717, 1.165) is 30.6 Å². The Morgan fingerprint density at radius 2 is 1.67 bits per heavy atom. The lowest BCUT2D eigenvalue weighted by molar-refractivity contribution is 0.304. The predicted octanol–water partition coefficient (Wildman–Crippen LogP) is 3.88. The van der Waals surface area contributed by atoms with Crippen molar-refractivity contribution in [2.75, 3.05) is 20.1 Å². The molecule has 0 aromatic heterocycles. The van der Waals surface area contributed by atoms with Crippen molar-refractivity contribution in [3.8, 4) is 0 Å². The van der Waals surface area contributed by atoms with Gasteiger partial charge in [-0.2, -0.15) is 4.31 Å². The first kappa shape index (κ1) is 20.1. The van der Waals surface area contributed by atoms with E-state index >= 15 is 0 Å². The average molecular weight is 387 g/mol. The fourth-order valence-electron chi connectivity index (χ4n) is 3.58. The molecule has 0 N–H and O–H groups in total. The van der Waals surface area contributed by atoms with E-state index in [1.54, 1.807) is 16.4 Å². The van der Waals surface area contributed by atoms with Gasteiger partial charge in [-0.3, -0.25) is 0 Å². The highest BCUT2D eigenvalue weighted by molar-refractivity contribution is 7.89. The molecule has 1 aliphatic rings. The van der Waals surface area contributed by atoms with Crippen molar-refractivity contribution < 1.29 is 8.42 Å². The first-order chi connectivity index (χ1) is 12.7. The molecule has 1 unspecified atom stereocenters. The van der Waals surface area contributed by atoms with Gasteiger partial charge in [0.2, 0.25) is 10.0 Å². The van der Waals surface area contributed by atoms with Gasteiger partial charge in [0.1, 0.15) is 0 Å². The van der Waals surface area contributed by atoms with Crippen LogP contribution in [0.3, 0.4) is 0 Å². The van der Waals surface area contributed by atoms with Gasteiger partial charge in [0.05, 0.1) is 4.90 Å². The van der Waals surface area contributed by atoms with Crippen LogP contribution in [0, 0.1) is 0 Å². The normalized spacial score (nSPS) is 18.9. The van der Waals surface area contributed by atoms with Crippen molar-refractivity contribution in [2.24, 2.45) is 0 Å². The maximum atomic E-state index is 13.5. The number of nitrogens with zero attached hydrogens (tertiary/aromatic N) is 2. The SMILES string of the molecule is CN1CCC(N(Cc2ccccc2)S(=O)(=O)c2ccc(C(C)(C)C)cc2)C1. The Morgan fingerprint density at radius 3 is 2.19 bits per heavy atom. The highest BCUT2D eigenvalue weighted by Gasteiger charge is 2.35. The molecular formula is C22H30N2O2S. The van der Waals surface area contributed by atoms with Crippen LogP contribution >= 0.6 is 0 Å². The molecule has 1 heterocycles. The quantitative estimate of drug-likeness (QED) is 0.783. The Kier molecular flexibility index (Phi) is 5.75. The maximum absolute atomic E-state index is 13.5. The van der Waals surface area contributed by atoms with Crippen LogP contribution in [-0.4, -0.2) is 43.8 Å². The standard InChI is InChI=1S/C22H30N2O2S/c1-22(2,3)19-10-12-21(13-11-19)27(25,26)24(20-14-15-23(4)17-20)16-18-8-6-5-7-9-18/h5-13,20H,14-17H2,1-4H3. The second-order valence-electron chi connectivity index (χ2n) is 8.51. The molecule has 1 aliphatic heterocycles. The van der Waals surface area contributed by atoms with E-state index in [2.05, 4.69) is 25.7 Å². The second-order valence-corrected chi connectivity index (χ2v) is 10.4. The van der Waals surface area contributed by atoms with Crippen LogP contribution in [0.4, 0.5) is 0 Å². The van der Waals surface area contributed by atoms with E-state index in [9.17, 15) is 8.42 Å². The minimum absolute atomic E-state index is 0.000181. The number of benzene rings is 2.